The topological polar surface area (TPSA) is 58.6 Å². The molecule has 0 spiro atoms. The first kappa shape index (κ1) is 19.8. The van der Waals surface area contributed by atoms with Crippen LogP contribution in [0.3, 0.4) is 0 Å². The summed E-state index contributed by atoms with van der Waals surface area (Å²) in [7, 11) is -3.24. The first-order chi connectivity index (χ1) is 12.5. The average molecular weight is 381 g/mol. The van der Waals surface area contributed by atoms with Crippen molar-refractivity contribution in [2.24, 2.45) is 5.92 Å². The van der Waals surface area contributed by atoms with Crippen LogP contribution in [-0.2, 0) is 14.8 Å². The molecular formula is C20H32N2O3S. The zero-order valence-electron chi connectivity index (χ0n) is 15.8. The Bertz CT molecular complexity index is 665. The van der Waals surface area contributed by atoms with Crippen LogP contribution in [-0.4, -0.2) is 51.9 Å². The summed E-state index contributed by atoms with van der Waals surface area (Å²) in [4.78, 5) is 2.33. The van der Waals surface area contributed by atoms with Crippen molar-refractivity contribution in [3.63, 3.8) is 0 Å². The molecule has 0 amide bonds. The predicted octanol–water partition coefficient (Wildman–Crippen LogP) is 2.87. The number of sulfonamides is 1. The van der Waals surface area contributed by atoms with E-state index in [4.69, 9.17) is 4.74 Å². The molecule has 146 valence electrons. The van der Waals surface area contributed by atoms with Gasteiger partial charge in [0.2, 0.25) is 10.0 Å². The molecule has 0 aromatic heterocycles. The zero-order chi connectivity index (χ0) is 18.4. The lowest BCUT2D eigenvalue weighted by atomic mass is 9.91. The third-order valence-electron chi connectivity index (χ3n) is 5.59. The highest BCUT2D eigenvalue weighted by Gasteiger charge is 2.26. The summed E-state index contributed by atoms with van der Waals surface area (Å²) in [6.45, 7) is 5.59. The number of ether oxygens (including phenoxy) is 1. The van der Waals surface area contributed by atoms with Crippen LogP contribution in [0.15, 0.2) is 24.3 Å². The maximum absolute atomic E-state index is 12.6. The Kier molecular flexibility index (Phi) is 7.09. The van der Waals surface area contributed by atoms with Gasteiger partial charge < -0.3 is 4.74 Å². The van der Waals surface area contributed by atoms with E-state index in [9.17, 15) is 8.42 Å². The van der Waals surface area contributed by atoms with Crippen molar-refractivity contribution in [2.75, 3.05) is 38.6 Å². The van der Waals surface area contributed by atoms with Gasteiger partial charge in [-0.1, -0.05) is 49.1 Å². The minimum absolute atomic E-state index is 0.0555. The van der Waals surface area contributed by atoms with E-state index in [1.165, 1.54) is 30.4 Å². The summed E-state index contributed by atoms with van der Waals surface area (Å²) in [5.41, 5.74) is 2.37. The van der Waals surface area contributed by atoms with Gasteiger partial charge in [-0.3, -0.25) is 4.90 Å². The van der Waals surface area contributed by atoms with E-state index >= 15 is 0 Å². The van der Waals surface area contributed by atoms with E-state index < -0.39 is 10.0 Å². The van der Waals surface area contributed by atoms with Crippen molar-refractivity contribution in [1.29, 1.82) is 0 Å². The monoisotopic (exact) mass is 380 g/mol. The number of rotatable bonds is 7. The summed E-state index contributed by atoms with van der Waals surface area (Å²) in [5.74, 6) is 0.596. The minimum atomic E-state index is -3.24. The van der Waals surface area contributed by atoms with Crippen molar-refractivity contribution in [2.45, 2.75) is 45.1 Å². The van der Waals surface area contributed by atoms with E-state index in [0.29, 0.717) is 25.7 Å². The maximum Gasteiger partial charge on any atom is 0.211 e. The Morgan fingerprint density at radius 3 is 2.62 bits per heavy atom. The number of hydrogen-bond donors (Lipinski definition) is 1. The zero-order valence-corrected chi connectivity index (χ0v) is 16.6. The molecule has 1 aliphatic heterocycles. The summed E-state index contributed by atoms with van der Waals surface area (Å²) in [5, 5.41) is 0. The number of morpholine rings is 1. The van der Waals surface area contributed by atoms with Crippen molar-refractivity contribution in [3.8, 4) is 0 Å². The van der Waals surface area contributed by atoms with E-state index in [0.717, 1.165) is 25.9 Å². The summed E-state index contributed by atoms with van der Waals surface area (Å²) in [6.07, 6.45) is 5.67. The highest BCUT2D eigenvalue weighted by atomic mass is 32.2. The van der Waals surface area contributed by atoms with Crippen LogP contribution in [0.4, 0.5) is 0 Å². The van der Waals surface area contributed by atoms with Gasteiger partial charge in [-0.15, -0.1) is 0 Å². The van der Waals surface area contributed by atoms with Crippen LogP contribution in [0.1, 0.15) is 49.3 Å². The number of benzene rings is 1. The lowest BCUT2D eigenvalue weighted by Gasteiger charge is -2.35. The van der Waals surface area contributed by atoms with Gasteiger partial charge in [-0.2, -0.15) is 0 Å². The number of nitrogens with zero attached hydrogens (tertiary/aromatic N) is 1. The highest BCUT2D eigenvalue weighted by Crippen LogP contribution is 2.26. The Morgan fingerprint density at radius 1 is 1.19 bits per heavy atom. The standard InChI is InChI=1S/C20H32N2O3S/c1-17-6-5-9-19(14-17)20(22-10-12-25-13-11-22)15-21-26(23,24)16-18-7-3-2-4-8-18/h5-6,9,14,18,20-21H,2-4,7-8,10-13,15-16H2,1H3. The molecule has 2 fully saturated rings. The molecule has 0 radical (unpaired) electrons. The molecule has 2 aliphatic rings. The smallest absolute Gasteiger partial charge is 0.211 e. The second kappa shape index (κ2) is 9.31. The first-order valence-corrected chi connectivity index (χ1v) is 11.5. The molecule has 0 bridgehead atoms. The molecular weight excluding hydrogens is 348 g/mol. The molecule has 1 aromatic carbocycles. The van der Waals surface area contributed by atoms with Crippen molar-refractivity contribution in [3.05, 3.63) is 35.4 Å². The van der Waals surface area contributed by atoms with Gasteiger partial charge in [-0.05, 0) is 31.2 Å². The molecule has 26 heavy (non-hydrogen) atoms. The van der Waals surface area contributed by atoms with Gasteiger partial charge in [0.15, 0.2) is 0 Å². The van der Waals surface area contributed by atoms with E-state index in [-0.39, 0.29) is 11.8 Å². The number of hydrogen-bond acceptors (Lipinski definition) is 4. The highest BCUT2D eigenvalue weighted by molar-refractivity contribution is 7.89. The Morgan fingerprint density at radius 2 is 1.92 bits per heavy atom. The normalized spacial score (nSPS) is 21.6. The van der Waals surface area contributed by atoms with Crippen molar-refractivity contribution >= 4 is 10.0 Å². The number of nitrogens with one attached hydrogen (secondary N) is 1. The van der Waals surface area contributed by atoms with E-state index in [2.05, 4.69) is 40.8 Å². The summed E-state index contributed by atoms with van der Waals surface area (Å²) < 4.78 is 33.6. The van der Waals surface area contributed by atoms with Gasteiger partial charge in [-0.25, -0.2) is 13.1 Å². The quantitative estimate of drug-likeness (QED) is 0.790. The summed E-state index contributed by atoms with van der Waals surface area (Å²) in [6, 6.07) is 8.44. The van der Waals surface area contributed by atoms with Crippen LogP contribution in [0.2, 0.25) is 0 Å². The van der Waals surface area contributed by atoms with Crippen LogP contribution in [0.5, 0.6) is 0 Å². The fourth-order valence-corrected chi connectivity index (χ4v) is 5.64. The molecule has 1 atom stereocenters. The van der Waals surface area contributed by atoms with Crippen molar-refractivity contribution < 1.29 is 13.2 Å². The molecule has 1 saturated carbocycles. The molecule has 1 aliphatic carbocycles. The Hall–Kier alpha value is -0.950. The lowest BCUT2D eigenvalue weighted by molar-refractivity contribution is 0.0172. The van der Waals surface area contributed by atoms with Crippen molar-refractivity contribution in [1.82, 2.24) is 9.62 Å². The molecule has 1 saturated heterocycles. The Balaban J connectivity index is 1.66. The van der Waals surface area contributed by atoms with Gasteiger partial charge in [0.1, 0.15) is 0 Å². The molecule has 1 unspecified atom stereocenters. The summed E-state index contributed by atoms with van der Waals surface area (Å²) >= 11 is 0. The lowest BCUT2D eigenvalue weighted by Crippen LogP contribution is -2.44. The number of aryl methyl sites for hydroxylation is 1. The molecule has 5 nitrogen and oxygen atoms in total. The van der Waals surface area contributed by atoms with Crippen LogP contribution in [0.25, 0.3) is 0 Å². The second-order valence-corrected chi connectivity index (χ2v) is 9.56. The van der Waals surface area contributed by atoms with E-state index in [1.54, 1.807) is 0 Å². The molecule has 6 heteroatoms. The van der Waals surface area contributed by atoms with Gasteiger partial charge in [0.05, 0.1) is 19.0 Å². The van der Waals surface area contributed by atoms with Gasteiger partial charge in [0, 0.05) is 25.7 Å². The maximum atomic E-state index is 12.6. The average Bonchev–Trinajstić information content (AvgIpc) is 2.63. The van der Waals surface area contributed by atoms with Crippen LogP contribution in [0, 0.1) is 12.8 Å². The molecule has 1 aromatic rings. The minimum Gasteiger partial charge on any atom is -0.379 e. The first-order valence-electron chi connectivity index (χ1n) is 9.89. The van der Waals surface area contributed by atoms with Gasteiger partial charge >= 0.3 is 0 Å². The predicted molar refractivity (Wildman–Crippen MR) is 105 cm³/mol. The van der Waals surface area contributed by atoms with Crippen LogP contribution >= 0.6 is 0 Å². The molecule has 1 N–H and O–H groups in total. The molecule has 3 rings (SSSR count). The Labute approximate surface area is 158 Å². The fraction of sp³-hybridized carbons (Fsp3) is 0.700. The largest absolute Gasteiger partial charge is 0.379 e. The SMILES string of the molecule is Cc1cccc(C(CNS(=O)(=O)CC2CCCCC2)N2CCOCC2)c1. The van der Waals surface area contributed by atoms with Gasteiger partial charge in [0.25, 0.3) is 0 Å². The fourth-order valence-electron chi connectivity index (χ4n) is 4.15. The molecule has 1 heterocycles. The van der Waals surface area contributed by atoms with Crippen LogP contribution < -0.4 is 4.72 Å². The third kappa shape index (κ3) is 5.78. The second-order valence-electron chi connectivity index (χ2n) is 7.71. The van der Waals surface area contributed by atoms with E-state index in [1.807, 2.05) is 0 Å². The third-order valence-corrected chi connectivity index (χ3v) is 7.11.